The lowest BCUT2D eigenvalue weighted by Crippen LogP contribution is -2.18. The third-order valence-electron chi connectivity index (χ3n) is 2.62. The number of benzene rings is 1. The minimum absolute atomic E-state index is 0.153. The predicted octanol–water partition coefficient (Wildman–Crippen LogP) is 4.03. The van der Waals surface area contributed by atoms with E-state index in [-0.39, 0.29) is 5.56 Å². The van der Waals surface area contributed by atoms with Crippen LogP contribution < -0.4 is 5.56 Å². The highest BCUT2D eigenvalue weighted by Crippen LogP contribution is 2.22. The van der Waals surface area contributed by atoms with Crippen molar-refractivity contribution in [2.75, 3.05) is 0 Å². The summed E-state index contributed by atoms with van der Waals surface area (Å²) >= 11 is 3.22. The van der Waals surface area contributed by atoms with Crippen LogP contribution in [0, 0.1) is 4.91 Å². The summed E-state index contributed by atoms with van der Waals surface area (Å²) in [5.41, 5.74) is 1.65. The molecule has 0 aliphatic heterocycles. The molecule has 0 aliphatic carbocycles. The van der Waals surface area contributed by atoms with Crippen molar-refractivity contribution in [3.8, 4) is 5.69 Å². The summed E-state index contributed by atoms with van der Waals surface area (Å²) in [5, 5.41) is 2.91. The number of nitroso groups, excluding NO2 is 1. The molecule has 5 heteroatoms. The molecule has 0 fully saturated rings. The molecule has 1 aromatic carbocycles. The van der Waals surface area contributed by atoms with Gasteiger partial charge in [-0.05, 0) is 58.4 Å². The fourth-order valence-corrected chi connectivity index (χ4v) is 2.13. The number of pyridine rings is 1. The van der Waals surface area contributed by atoms with E-state index in [2.05, 4.69) is 21.1 Å². The van der Waals surface area contributed by atoms with Crippen LogP contribution in [0.1, 0.15) is 12.5 Å². The van der Waals surface area contributed by atoms with Crippen LogP contribution in [0.15, 0.2) is 57.0 Å². The second-order valence-corrected chi connectivity index (χ2v) is 4.72. The fraction of sp³-hybridized carbons (Fsp3) is 0.0714. The van der Waals surface area contributed by atoms with E-state index >= 15 is 0 Å². The highest BCUT2D eigenvalue weighted by molar-refractivity contribution is 9.10. The first-order valence-electron chi connectivity index (χ1n) is 5.65. The van der Waals surface area contributed by atoms with E-state index < -0.39 is 0 Å². The standard InChI is InChI=1S/C14H11BrN2O2/c1-2-4-10-9-11(16-19)6-7-13(10)17-8-3-5-12(15)14(17)18/h2-9H,1H3. The molecule has 0 amide bonds. The van der Waals surface area contributed by atoms with Crippen molar-refractivity contribution in [3.63, 3.8) is 0 Å². The average molecular weight is 319 g/mol. The topological polar surface area (TPSA) is 51.4 Å². The van der Waals surface area contributed by atoms with Crippen LogP contribution in [0.25, 0.3) is 11.8 Å². The molecule has 4 nitrogen and oxygen atoms in total. The third kappa shape index (κ3) is 2.71. The van der Waals surface area contributed by atoms with Gasteiger partial charge in [0.1, 0.15) is 5.69 Å². The Balaban J connectivity index is 2.71. The Morgan fingerprint density at radius 1 is 1.32 bits per heavy atom. The Hall–Kier alpha value is -2.01. The molecule has 1 heterocycles. The first-order valence-corrected chi connectivity index (χ1v) is 6.44. The number of hydrogen-bond donors (Lipinski definition) is 0. The number of aromatic nitrogens is 1. The van der Waals surface area contributed by atoms with E-state index in [0.717, 1.165) is 5.56 Å². The van der Waals surface area contributed by atoms with Gasteiger partial charge in [0, 0.05) is 11.8 Å². The molecule has 0 atom stereocenters. The molecular formula is C14H11BrN2O2. The van der Waals surface area contributed by atoms with Crippen LogP contribution in [0.5, 0.6) is 0 Å². The van der Waals surface area contributed by atoms with Crippen LogP contribution in [0.3, 0.4) is 0 Å². The van der Waals surface area contributed by atoms with Gasteiger partial charge in [-0.25, -0.2) is 0 Å². The molecule has 0 aliphatic rings. The van der Waals surface area contributed by atoms with Crippen molar-refractivity contribution in [2.45, 2.75) is 6.92 Å². The molecule has 1 aromatic heterocycles. The number of nitrogens with zero attached hydrogens (tertiary/aromatic N) is 2. The van der Waals surface area contributed by atoms with Crippen molar-refractivity contribution in [1.82, 2.24) is 4.57 Å². The van der Waals surface area contributed by atoms with Crippen molar-refractivity contribution in [2.24, 2.45) is 5.18 Å². The second kappa shape index (κ2) is 5.75. The largest absolute Gasteiger partial charge is 0.283 e. The molecule has 0 saturated carbocycles. The maximum atomic E-state index is 12.1. The molecule has 0 radical (unpaired) electrons. The van der Waals surface area contributed by atoms with E-state index in [4.69, 9.17) is 0 Å². The Labute approximate surface area is 118 Å². The van der Waals surface area contributed by atoms with Gasteiger partial charge in [0.05, 0.1) is 10.2 Å². The minimum atomic E-state index is -0.153. The maximum Gasteiger partial charge on any atom is 0.269 e. The van der Waals surface area contributed by atoms with Crippen molar-refractivity contribution in [3.05, 3.63) is 67.9 Å². The van der Waals surface area contributed by atoms with Crippen molar-refractivity contribution in [1.29, 1.82) is 0 Å². The molecule has 2 aromatic rings. The van der Waals surface area contributed by atoms with Crippen LogP contribution in [0.4, 0.5) is 5.69 Å². The van der Waals surface area contributed by atoms with Gasteiger partial charge in [-0.3, -0.25) is 9.36 Å². The summed E-state index contributed by atoms with van der Waals surface area (Å²) in [5.74, 6) is 0. The number of hydrogen-bond acceptors (Lipinski definition) is 3. The second-order valence-electron chi connectivity index (χ2n) is 3.87. The Bertz CT molecular complexity index is 705. The zero-order chi connectivity index (χ0) is 13.8. The smallest absolute Gasteiger partial charge is 0.269 e. The van der Waals surface area contributed by atoms with Gasteiger partial charge in [0.2, 0.25) is 0 Å². The van der Waals surface area contributed by atoms with E-state index in [1.54, 1.807) is 36.5 Å². The molecule has 0 bridgehead atoms. The molecule has 0 unspecified atom stereocenters. The quantitative estimate of drug-likeness (QED) is 0.802. The van der Waals surface area contributed by atoms with Crippen molar-refractivity contribution >= 4 is 27.7 Å². The lowest BCUT2D eigenvalue weighted by Gasteiger charge is -2.10. The van der Waals surface area contributed by atoms with Gasteiger partial charge < -0.3 is 0 Å². The summed E-state index contributed by atoms with van der Waals surface area (Å²) in [6.07, 6.45) is 5.36. The monoisotopic (exact) mass is 318 g/mol. The van der Waals surface area contributed by atoms with E-state index in [1.807, 2.05) is 19.1 Å². The lowest BCUT2D eigenvalue weighted by atomic mass is 10.1. The molecular weight excluding hydrogens is 308 g/mol. The molecule has 0 spiro atoms. The van der Waals surface area contributed by atoms with Gasteiger partial charge in [-0.1, -0.05) is 12.2 Å². The van der Waals surface area contributed by atoms with E-state index in [1.165, 1.54) is 4.57 Å². The molecule has 0 saturated heterocycles. The van der Waals surface area contributed by atoms with Gasteiger partial charge in [0.25, 0.3) is 5.56 Å². The van der Waals surface area contributed by atoms with Gasteiger partial charge in [0.15, 0.2) is 0 Å². The predicted molar refractivity (Wildman–Crippen MR) is 79.9 cm³/mol. The van der Waals surface area contributed by atoms with Crippen LogP contribution in [-0.2, 0) is 0 Å². The third-order valence-corrected chi connectivity index (χ3v) is 3.23. The Morgan fingerprint density at radius 3 is 2.79 bits per heavy atom. The zero-order valence-corrected chi connectivity index (χ0v) is 11.8. The highest BCUT2D eigenvalue weighted by atomic mass is 79.9. The molecule has 0 N–H and O–H groups in total. The maximum absolute atomic E-state index is 12.1. The first kappa shape index (κ1) is 13.4. The summed E-state index contributed by atoms with van der Waals surface area (Å²) < 4.78 is 2.01. The summed E-state index contributed by atoms with van der Waals surface area (Å²) in [7, 11) is 0. The average Bonchev–Trinajstić information content (AvgIpc) is 2.42. The SMILES string of the molecule is CC=Cc1cc(N=O)ccc1-n1cccc(Br)c1=O. The van der Waals surface area contributed by atoms with Crippen LogP contribution in [-0.4, -0.2) is 4.57 Å². The first-order chi connectivity index (χ1) is 9.17. The zero-order valence-electron chi connectivity index (χ0n) is 10.2. The molecule has 2 rings (SSSR count). The van der Waals surface area contributed by atoms with Gasteiger partial charge in [-0.15, -0.1) is 4.91 Å². The highest BCUT2D eigenvalue weighted by Gasteiger charge is 2.07. The Kier molecular flexibility index (Phi) is 4.06. The lowest BCUT2D eigenvalue weighted by molar-refractivity contribution is 0.977. The van der Waals surface area contributed by atoms with Crippen LogP contribution in [0.2, 0.25) is 0 Å². The number of allylic oxidation sites excluding steroid dienone is 1. The number of rotatable bonds is 3. The minimum Gasteiger partial charge on any atom is -0.283 e. The Morgan fingerprint density at radius 2 is 2.11 bits per heavy atom. The summed E-state index contributed by atoms with van der Waals surface area (Å²) in [6, 6.07) is 8.41. The van der Waals surface area contributed by atoms with E-state index in [0.29, 0.717) is 15.8 Å². The van der Waals surface area contributed by atoms with Crippen molar-refractivity contribution < 1.29 is 0 Å². The summed E-state index contributed by atoms with van der Waals surface area (Å²) in [4.78, 5) is 22.7. The van der Waals surface area contributed by atoms with Crippen LogP contribution >= 0.6 is 15.9 Å². The number of halogens is 1. The van der Waals surface area contributed by atoms with E-state index in [9.17, 15) is 9.70 Å². The van der Waals surface area contributed by atoms with Gasteiger partial charge in [-0.2, -0.15) is 0 Å². The molecule has 96 valence electrons. The van der Waals surface area contributed by atoms with Gasteiger partial charge >= 0.3 is 0 Å². The fourth-order valence-electron chi connectivity index (χ4n) is 1.79. The normalized spacial score (nSPS) is 10.8. The summed E-state index contributed by atoms with van der Waals surface area (Å²) in [6.45, 7) is 1.87. The molecule has 19 heavy (non-hydrogen) atoms.